The van der Waals surface area contributed by atoms with Gasteiger partial charge in [-0.3, -0.25) is 9.59 Å². The van der Waals surface area contributed by atoms with Crippen molar-refractivity contribution in [2.75, 3.05) is 19.0 Å². The molecule has 6 heteroatoms. The molecular weight excluding hydrogens is 308 g/mol. The van der Waals surface area contributed by atoms with Crippen LogP contribution in [0.1, 0.15) is 21.5 Å². The predicted octanol–water partition coefficient (Wildman–Crippen LogP) is 2.43. The van der Waals surface area contributed by atoms with Gasteiger partial charge in [-0.2, -0.15) is 0 Å². The second-order valence-corrected chi connectivity index (χ2v) is 5.45. The number of primary amides is 1. The number of carbonyl (C=O) groups is 2. The third kappa shape index (κ3) is 4.49. The van der Waals surface area contributed by atoms with Gasteiger partial charge < -0.3 is 20.5 Å². The first-order valence-electron chi connectivity index (χ1n) is 7.38. The van der Waals surface area contributed by atoms with Gasteiger partial charge >= 0.3 is 0 Å². The van der Waals surface area contributed by atoms with Crippen molar-refractivity contribution in [2.45, 2.75) is 13.8 Å². The molecule has 2 aromatic carbocycles. The molecular formula is C18H20N2O4. The Morgan fingerprint density at radius 1 is 1.04 bits per heavy atom. The van der Waals surface area contributed by atoms with Crippen molar-refractivity contribution < 1.29 is 19.1 Å². The van der Waals surface area contributed by atoms with Crippen LogP contribution in [0.4, 0.5) is 5.69 Å². The monoisotopic (exact) mass is 328 g/mol. The van der Waals surface area contributed by atoms with Crippen LogP contribution in [0.15, 0.2) is 36.4 Å². The summed E-state index contributed by atoms with van der Waals surface area (Å²) in [5.74, 6) is -0.156. The average molecular weight is 328 g/mol. The van der Waals surface area contributed by atoms with Crippen LogP contribution < -0.4 is 20.5 Å². The molecule has 0 bridgehead atoms. The lowest BCUT2D eigenvalue weighted by Crippen LogP contribution is -2.20. The highest BCUT2D eigenvalue weighted by Crippen LogP contribution is 2.28. The molecule has 0 aliphatic carbocycles. The summed E-state index contributed by atoms with van der Waals surface area (Å²) in [6.45, 7) is 3.68. The van der Waals surface area contributed by atoms with Crippen LogP contribution in [-0.4, -0.2) is 25.5 Å². The Kier molecular flexibility index (Phi) is 5.42. The minimum Gasteiger partial charge on any atom is -0.493 e. The summed E-state index contributed by atoms with van der Waals surface area (Å²) in [7, 11) is 1.46. The van der Waals surface area contributed by atoms with E-state index in [2.05, 4.69) is 5.32 Å². The van der Waals surface area contributed by atoms with Crippen LogP contribution in [0, 0.1) is 13.8 Å². The highest BCUT2D eigenvalue weighted by molar-refractivity contribution is 6.04. The number of benzene rings is 2. The molecule has 3 N–H and O–H groups in total. The lowest BCUT2D eigenvalue weighted by Gasteiger charge is -2.12. The zero-order chi connectivity index (χ0) is 17.7. The Labute approximate surface area is 140 Å². The summed E-state index contributed by atoms with van der Waals surface area (Å²) in [5, 5.41) is 2.85. The van der Waals surface area contributed by atoms with E-state index >= 15 is 0 Å². The Balaban J connectivity index is 2.18. The quantitative estimate of drug-likeness (QED) is 0.852. The van der Waals surface area contributed by atoms with E-state index in [9.17, 15) is 9.59 Å². The standard InChI is InChI=1S/C18H20N2O4/c1-11-6-12(2)8-14(7-11)20-18(22)13-4-5-15(16(9-13)23-3)24-10-17(19)21/h4-9H,10H2,1-3H3,(H2,19,21)(H,20,22). The maximum absolute atomic E-state index is 12.4. The number of hydrogen-bond donors (Lipinski definition) is 2. The van der Waals surface area contributed by atoms with E-state index in [4.69, 9.17) is 15.2 Å². The van der Waals surface area contributed by atoms with Gasteiger partial charge in [-0.05, 0) is 55.3 Å². The average Bonchev–Trinajstić information content (AvgIpc) is 2.51. The molecule has 0 aromatic heterocycles. The first kappa shape index (κ1) is 17.3. The number of nitrogens with two attached hydrogens (primary N) is 1. The molecule has 0 radical (unpaired) electrons. The molecule has 126 valence electrons. The van der Waals surface area contributed by atoms with Gasteiger partial charge in [0.05, 0.1) is 7.11 Å². The van der Waals surface area contributed by atoms with E-state index in [1.165, 1.54) is 7.11 Å². The number of aryl methyl sites for hydroxylation is 2. The van der Waals surface area contributed by atoms with E-state index in [0.29, 0.717) is 17.1 Å². The van der Waals surface area contributed by atoms with E-state index in [1.54, 1.807) is 18.2 Å². The number of methoxy groups -OCH3 is 1. The minimum atomic E-state index is -0.589. The fraction of sp³-hybridized carbons (Fsp3) is 0.222. The lowest BCUT2D eigenvalue weighted by atomic mass is 10.1. The SMILES string of the molecule is COc1cc(C(=O)Nc2cc(C)cc(C)c2)ccc1OCC(N)=O. The van der Waals surface area contributed by atoms with E-state index in [0.717, 1.165) is 16.8 Å². The Hall–Kier alpha value is -3.02. The number of rotatable bonds is 6. The van der Waals surface area contributed by atoms with E-state index in [1.807, 2.05) is 32.0 Å². The summed E-state index contributed by atoms with van der Waals surface area (Å²) >= 11 is 0. The first-order valence-corrected chi connectivity index (χ1v) is 7.38. The summed E-state index contributed by atoms with van der Waals surface area (Å²) < 4.78 is 10.4. The molecule has 0 heterocycles. The summed E-state index contributed by atoms with van der Waals surface area (Å²) in [6.07, 6.45) is 0. The lowest BCUT2D eigenvalue weighted by molar-refractivity contribution is -0.119. The van der Waals surface area contributed by atoms with Gasteiger partial charge in [-0.25, -0.2) is 0 Å². The molecule has 6 nitrogen and oxygen atoms in total. The number of ether oxygens (including phenoxy) is 2. The van der Waals surface area contributed by atoms with Gasteiger partial charge in [0, 0.05) is 11.3 Å². The molecule has 0 aliphatic heterocycles. The number of amides is 2. The molecule has 0 saturated carbocycles. The maximum Gasteiger partial charge on any atom is 0.255 e. The number of hydrogen-bond acceptors (Lipinski definition) is 4. The van der Waals surface area contributed by atoms with Gasteiger partial charge in [0.15, 0.2) is 18.1 Å². The maximum atomic E-state index is 12.4. The van der Waals surface area contributed by atoms with Gasteiger partial charge in [0.2, 0.25) is 0 Å². The molecule has 2 aromatic rings. The minimum absolute atomic E-state index is 0.259. The molecule has 0 atom stereocenters. The summed E-state index contributed by atoms with van der Waals surface area (Å²) in [6, 6.07) is 10.5. The molecule has 24 heavy (non-hydrogen) atoms. The van der Waals surface area contributed by atoms with Crippen molar-refractivity contribution in [3.63, 3.8) is 0 Å². The Bertz CT molecular complexity index is 751. The first-order chi connectivity index (χ1) is 11.4. The fourth-order valence-corrected chi connectivity index (χ4v) is 2.33. The Morgan fingerprint density at radius 3 is 2.29 bits per heavy atom. The third-order valence-corrected chi connectivity index (χ3v) is 3.28. The van der Waals surface area contributed by atoms with Crippen molar-refractivity contribution in [1.29, 1.82) is 0 Å². The molecule has 0 saturated heterocycles. The van der Waals surface area contributed by atoms with Gasteiger partial charge in [0.1, 0.15) is 0 Å². The van der Waals surface area contributed by atoms with Gasteiger partial charge in [-0.15, -0.1) is 0 Å². The Morgan fingerprint density at radius 2 is 1.71 bits per heavy atom. The fourth-order valence-electron chi connectivity index (χ4n) is 2.33. The van der Waals surface area contributed by atoms with Crippen LogP contribution in [0.25, 0.3) is 0 Å². The van der Waals surface area contributed by atoms with E-state index < -0.39 is 5.91 Å². The molecule has 0 unspecified atom stereocenters. The van der Waals surface area contributed by atoms with Crippen LogP contribution in [0.2, 0.25) is 0 Å². The smallest absolute Gasteiger partial charge is 0.255 e. The molecule has 0 fully saturated rings. The molecule has 2 rings (SSSR count). The normalized spacial score (nSPS) is 10.1. The highest BCUT2D eigenvalue weighted by Gasteiger charge is 2.12. The van der Waals surface area contributed by atoms with Gasteiger partial charge in [0.25, 0.3) is 11.8 Å². The zero-order valence-electron chi connectivity index (χ0n) is 13.9. The number of anilines is 1. The van der Waals surface area contributed by atoms with Crippen LogP contribution >= 0.6 is 0 Å². The second-order valence-electron chi connectivity index (χ2n) is 5.45. The zero-order valence-corrected chi connectivity index (χ0v) is 13.9. The number of nitrogens with one attached hydrogen (secondary N) is 1. The predicted molar refractivity (Wildman–Crippen MR) is 91.6 cm³/mol. The summed E-state index contributed by atoms with van der Waals surface area (Å²) in [5.41, 5.74) is 8.33. The highest BCUT2D eigenvalue weighted by atomic mass is 16.5. The third-order valence-electron chi connectivity index (χ3n) is 3.28. The van der Waals surface area contributed by atoms with Crippen molar-refractivity contribution >= 4 is 17.5 Å². The van der Waals surface area contributed by atoms with Crippen molar-refractivity contribution in [3.05, 3.63) is 53.1 Å². The van der Waals surface area contributed by atoms with Crippen molar-refractivity contribution in [1.82, 2.24) is 0 Å². The number of carbonyl (C=O) groups excluding carboxylic acids is 2. The second kappa shape index (κ2) is 7.50. The van der Waals surface area contributed by atoms with Crippen molar-refractivity contribution in [3.8, 4) is 11.5 Å². The molecule has 0 spiro atoms. The van der Waals surface area contributed by atoms with Crippen LogP contribution in [-0.2, 0) is 4.79 Å². The molecule has 0 aliphatic rings. The molecule has 2 amide bonds. The van der Waals surface area contributed by atoms with E-state index in [-0.39, 0.29) is 12.5 Å². The topological polar surface area (TPSA) is 90.7 Å². The van der Waals surface area contributed by atoms with Crippen LogP contribution in [0.3, 0.4) is 0 Å². The van der Waals surface area contributed by atoms with Crippen LogP contribution in [0.5, 0.6) is 11.5 Å². The largest absolute Gasteiger partial charge is 0.493 e. The summed E-state index contributed by atoms with van der Waals surface area (Å²) in [4.78, 5) is 23.2. The van der Waals surface area contributed by atoms with Gasteiger partial charge in [-0.1, -0.05) is 6.07 Å². The van der Waals surface area contributed by atoms with Crippen molar-refractivity contribution in [2.24, 2.45) is 5.73 Å².